The standard InChI is InChI=1S/C22H30OSi/c1-22(2,3)24(4,5)23-18-21-16-14-20(15-17-21)13-9-12-19-10-7-6-8-11-19/h6-12,14-17H,13,18H2,1-5H3/b12-9+. The van der Waals surface area contributed by atoms with E-state index < -0.39 is 8.32 Å². The molecule has 2 heteroatoms. The summed E-state index contributed by atoms with van der Waals surface area (Å²) < 4.78 is 6.28. The highest BCUT2D eigenvalue weighted by atomic mass is 28.4. The average Bonchev–Trinajstić information content (AvgIpc) is 2.54. The molecule has 0 spiro atoms. The number of allylic oxidation sites excluding steroid dienone is 1. The van der Waals surface area contributed by atoms with Gasteiger partial charge in [-0.25, -0.2) is 0 Å². The maximum absolute atomic E-state index is 6.28. The summed E-state index contributed by atoms with van der Waals surface area (Å²) in [7, 11) is -1.67. The Morgan fingerprint density at radius 1 is 0.875 bits per heavy atom. The lowest BCUT2D eigenvalue weighted by atomic mass is 10.1. The first-order chi connectivity index (χ1) is 11.3. The second-order valence-electron chi connectivity index (χ2n) is 7.88. The van der Waals surface area contributed by atoms with Crippen LogP contribution in [-0.4, -0.2) is 8.32 Å². The van der Waals surface area contributed by atoms with Crippen LogP contribution in [0.15, 0.2) is 60.7 Å². The molecule has 0 aliphatic carbocycles. The Labute approximate surface area is 148 Å². The van der Waals surface area contributed by atoms with Crippen molar-refractivity contribution in [3.05, 3.63) is 77.4 Å². The van der Waals surface area contributed by atoms with Crippen LogP contribution in [-0.2, 0) is 17.5 Å². The molecule has 0 aromatic heterocycles. The van der Waals surface area contributed by atoms with Gasteiger partial charge in [0.05, 0.1) is 6.61 Å². The fourth-order valence-corrected chi connectivity index (χ4v) is 3.11. The molecule has 0 bridgehead atoms. The van der Waals surface area contributed by atoms with Crippen molar-refractivity contribution < 1.29 is 4.43 Å². The maximum atomic E-state index is 6.28. The molecule has 2 rings (SSSR count). The number of benzene rings is 2. The van der Waals surface area contributed by atoms with Crippen LogP contribution >= 0.6 is 0 Å². The first-order valence-electron chi connectivity index (χ1n) is 8.71. The van der Waals surface area contributed by atoms with Gasteiger partial charge in [-0.3, -0.25) is 0 Å². The Balaban J connectivity index is 1.88. The lowest BCUT2D eigenvalue weighted by Crippen LogP contribution is -2.40. The van der Waals surface area contributed by atoms with Gasteiger partial charge in [0.1, 0.15) is 0 Å². The van der Waals surface area contributed by atoms with Gasteiger partial charge in [-0.1, -0.05) is 87.5 Å². The molecule has 0 saturated heterocycles. The Hall–Kier alpha value is -1.64. The van der Waals surface area contributed by atoms with Gasteiger partial charge in [0.2, 0.25) is 0 Å². The van der Waals surface area contributed by atoms with Gasteiger partial charge in [0.25, 0.3) is 0 Å². The van der Waals surface area contributed by atoms with Crippen molar-refractivity contribution in [1.29, 1.82) is 0 Å². The van der Waals surface area contributed by atoms with Crippen LogP contribution in [0.3, 0.4) is 0 Å². The third-order valence-corrected chi connectivity index (χ3v) is 9.37. The summed E-state index contributed by atoms with van der Waals surface area (Å²) in [6, 6.07) is 19.2. The van der Waals surface area contributed by atoms with E-state index in [-0.39, 0.29) is 5.04 Å². The van der Waals surface area contributed by atoms with E-state index in [1.165, 1.54) is 16.7 Å². The van der Waals surface area contributed by atoms with Crippen molar-refractivity contribution in [1.82, 2.24) is 0 Å². The number of hydrogen-bond donors (Lipinski definition) is 0. The molecule has 0 N–H and O–H groups in total. The first-order valence-corrected chi connectivity index (χ1v) is 11.6. The third kappa shape index (κ3) is 5.47. The molecule has 24 heavy (non-hydrogen) atoms. The summed E-state index contributed by atoms with van der Waals surface area (Å²) >= 11 is 0. The van der Waals surface area contributed by atoms with Crippen molar-refractivity contribution in [2.45, 2.75) is 51.9 Å². The van der Waals surface area contributed by atoms with E-state index in [4.69, 9.17) is 4.43 Å². The van der Waals surface area contributed by atoms with E-state index in [2.05, 4.69) is 94.5 Å². The average molecular weight is 339 g/mol. The van der Waals surface area contributed by atoms with Gasteiger partial charge < -0.3 is 4.43 Å². The van der Waals surface area contributed by atoms with Crippen LogP contribution in [0.5, 0.6) is 0 Å². The molecule has 0 aliphatic heterocycles. The van der Waals surface area contributed by atoms with E-state index in [0.29, 0.717) is 0 Å². The van der Waals surface area contributed by atoms with Crippen LogP contribution in [0.2, 0.25) is 18.1 Å². The zero-order chi connectivity index (χ0) is 17.6. The minimum absolute atomic E-state index is 0.259. The molecule has 0 atom stereocenters. The predicted molar refractivity (Wildman–Crippen MR) is 108 cm³/mol. The lowest BCUT2D eigenvalue weighted by molar-refractivity contribution is 0.276. The number of hydrogen-bond acceptors (Lipinski definition) is 1. The van der Waals surface area contributed by atoms with E-state index in [9.17, 15) is 0 Å². The molecule has 2 aromatic carbocycles. The monoisotopic (exact) mass is 338 g/mol. The van der Waals surface area contributed by atoms with Gasteiger partial charge in [-0.05, 0) is 41.2 Å². The van der Waals surface area contributed by atoms with Gasteiger partial charge in [0.15, 0.2) is 8.32 Å². The molecule has 1 nitrogen and oxygen atoms in total. The quantitative estimate of drug-likeness (QED) is 0.549. The van der Waals surface area contributed by atoms with Crippen molar-refractivity contribution >= 4 is 14.4 Å². The first kappa shape index (κ1) is 18.7. The highest BCUT2D eigenvalue weighted by Crippen LogP contribution is 2.37. The topological polar surface area (TPSA) is 9.23 Å². The molecule has 2 aromatic rings. The van der Waals surface area contributed by atoms with Crippen LogP contribution in [0.25, 0.3) is 6.08 Å². The van der Waals surface area contributed by atoms with Crippen molar-refractivity contribution in [2.75, 3.05) is 0 Å². The largest absolute Gasteiger partial charge is 0.413 e. The third-order valence-electron chi connectivity index (χ3n) is 4.89. The fourth-order valence-electron chi connectivity index (χ4n) is 2.15. The van der Waals surface area contributed by atoms with Crippen LogP contribution in [0.4, 0.5) is 0 Å². The van der Waals surface area contributed by atoms with E-state index in [0.717, 1.165) is 13.0 Å². The zero-order valence-electron chi connectivity index (χ0n) is 15.7. The SMILES string of the molecule is CC(C)(C)[Si](C)(C)OCc1ccc(C/C=C/c2ccccc2)cc1. The molecular weight excluding hydrogens is 308 g/mol. The highest BCUT2D eigenvalue weighted by Gasteiger charge is 2.36. The van der Waals surface area contributed by atoms with Crippen molar-refractivity contribution in [2.24, 2.45) is 0 Å². The Bertz CT molecular complexity index is 649. The maximum Gasteiger partial charge on any atom is 0.192 e. The van der Waals surface area contributed by atoms with Crippen LogP contribution < -0.4 is 0 Å². The molecule has 0 saturated carbocycles. The summed E-state index contributed by atoms with van der Waals surface area (Å²) in [6.07, 6.45) is 5.35. The summed E-state index contributed by atoms with van der Waals surface area (Å²) in [5.74, 6) is 0. The molecule has 0 unspecified atom stereocenters. The highest BCUT2D eigenvalue weighted by molar-refractivity contribution is 6.74. The van der Waals surface area contributed by atoms with Gasteiger partial charge >= 0.3 is 0 Å². The van der Waals surface area contributed by atoms with E-state index in [1.54, 1.807) is 0 Å². The summed E-state index contributed by atoms with van der Waals surface area (Å²) in [5.41, 5.74) is 3.84. The van der Waals surface area contributed by atoms with E-state index in [1.807, 2.05) is 6.07 Å². The summed E-state index contributed by atoms with van der Waals surface area (Å²) in [6.45, 7) is 12.2. The van der Waals surface area contributed by atoms with Crippen molar-refractivity contribution in [3.8, 4) is 0 Å². The second kappa shape index (κ2) is 7.95. The van der Waals surface area contributed by atoms with Gasteiger partial charge in [-0.2, -0.15) is 0 Å². The minimum atomic E-state index is -1.67. The number of rotatable bonds is 6. The molecule has 0 radical (unpaired) electrons. The van der Waals surface area contributed by atoms with Crippen LogP contribution in [0.1, 0.15) is 37.5 Å². The summed E-state index contributed by atoms with van der Waals surface area (Å²) in [5, 5.41) is 0.259. The van der Waals surface area contributed by atoms with Gasteiger partial charge in [-0.15, -0.1) is 0 Å². The molecule has 0 aliphatic rings. The van der Waals surface area contributed by atoms with Gasteiger partial charge in [0, 0.05) is 0 Å². The molecule has 128 valence electrons. The Morgan fingerprint density at radius 2 is 1.46 bits per heavy atom. The second-order valence-corrected chi connectivity index (χ2v) is 12.7. The Kier molecular flexibility index (Phi) is 6.19. The molecule has 0 fully saturated rings. The van der Waals surface area contributed by atoms with Crippen LogP contribution in [0, 0.1) is 0 Å². The molecule has 0 amide bonds. The molecule has 0 heterocycles. The Morgan fingerprint density at radius 3 is 2.04 bits per heavy atom. The van der Waals surface area contributed by atoms with Crippen molar-refractivity contribution in [3.63, 3.8) is 0 Å². The smallest absolute Gasteiger partial charge is 0.192 e. The summed E-state index contributed by atoms with van der Waals surface area (Å²) in [4.78, 5) is 0. The predicted octanol–water partition coefficient (Wildman–Crippen LogP) is 6.46. The van der Waals surface area contributed by atoms with E-state index >= 15 is 0 Å². The molecular formula is C22H30OSi. The fraction of sp³-hybridized carbons (Fsp3) is 0.364. The lowest BCUT2D eigenvalue weighted by Gasteiger charge is -2.36. The normalized spacial score (nSPS) is 12.7. The zero-order valence-corrected chi connectivity index (χ0v) is 16.7. The minimum Gasteiger partial charge on any atom is -0.413 e.